The Bertz CT molecular complexity index is 3.90. The molecule has 0 rings (SSSR count). The Morgan fingerprint density at radius 3 is 0.333 bits per heavy atom. The molecule has 0 aliphatic carbocycles. The maximum absolute atomic E-state index is 0. The van der Waals surface area contributed by atoms with Gasteiger partial charge in [0.15, 0.2) is 0 Å². The molecule has 0 aromatic heterocycles. The topological polar surface area (TPSA) is 0 Å². The van der Waals surface area contributed by atoms with Gasteiger partial charge < -0.3 is 23.5 Å². The van der Waals surface area contributed by atoms with E-state index in [0.29, 0.717) is 0 Å². The molecule has 0 nitrogen and oxygen atoms in total. The molecule has 6 heteroatoms. The van der Waals surface area contributed by atoms with Crippen molar-refractivity contribution in [3.05, 3.63) is 0 Å². The van der Waals surface area contributed by atoms with Gasteiger partial charge in [0.05, 0.1) is 0 Å². The van der Waals surface area contributed by atoms with E-state index in [1.54, 1.807) is 0 Å². The van der Waals surface area contributed by atoms with E-state index in [1.165, 1.54) is 0 Å². The first-order chi connectivity index (χ1) is 0. The molecule has 0 atom stereocenters. The normalized spacial score (nSPS) is 0. The molecule has 0 radical (unpaired) electrons. The summed E-state index contributed by atoms with van der Waals surface area (Å²) >= 11 is 0. The van der Waals surface area contributed by atoms with Crippen LogP contribution in [0.25, 0.3) is 0 Å². The SMILES string of the molecule is [F-].[F-].[F-].[F-].[F-].[U+2]. The van der Waals surface area contributed by atoms with E-state index in [2.05, 4.69) is 0 Å². The Balaban J connectivity index is 0. The number of hydrogen-bond donors (Lipinski definition) is 0. The first kappa shape index (κ1) is 442. The van der Waals surface area contributed by atoms with Crippen molar-refractivity contribution in [1.82, 2.24) is 0 Å². The summed E-state index contributed by atoms with van der Waals surface area (Å²) < 4.78 is 0. The van der Waals surface area contributed by atoms with E-state index >= 15 is 0 Å². The molecule has 0 spiro atoms. The van der Waals surface area contributed by atoms with Crippen molar-refractivity contribution >= 4 is 0 Å². The van der Waals surface area contributed by atoms with Crippen molar-refractivity contribution in [2.24, 2.45) is 0 Å². The zero-order valence-electron chi connectivity index (χ0n) is 2.39. The quantitative estimate of drug-likeness (QED) is 0.387. The smallest absolute Gasteiger partial charge is 1.00 e. The van der Waals surface area contributed by atoms with Gasteiger partial charge >= 0.3 is 31.1 Å². The van der Waals surface area contributed by atoms with Crippen molar-refractivity contribution < 1.29 is 54.6 Å². The molecule has 0 fully saturated rings. The average molecular weight is 333 g/mol. The van der Waals surface area contributed by atoms with E-state index in [0.717, 1.165) is 0 Å². The molecule has 42 valence electrons. The Morgan fingerprint density at radius 1 is 0.333 bits per heavy atom. The molecule has 0 aliphatic heterocycles. The molecule has 0 amide bonds. The summed E-state index contributed by atoms with van der Waals surface area (Å²) in [6.45, 7) is 0. The third-order valence-corrected chi connectivity index (χ3v) is 0. The molecule has 6 heavy (non-hydrogen) atoms. The first-order valence-electron chi connectivity index (χ1n) is 0. The van der Waals surface area contributed by atoms with Gasteiger partial charge in [0.2, 0.25) is 0 Å². The fourth-order valence-corrected chi connectivity index (χ4v) is 0. The van der Waals surface area contributed by atoms with Crippen LogP contribution in [0.3, 0.4) is 0 Å². The molecule has 0 aromatic rings. The van der Waals surface area contributed by atoms with Gasteiger partial charge in [-0.15, -0.1) is 0 Å². The van der Waals surface area contributed by atoms with Gasteiger partial charge in [-0.1, -0.05) is 0 Å². The van der Waals surface area contributed by atoms with E-state index in [4.69, 9.17) is 0 Å². The second kappa shape index (κ2) is 256. The maximum Gasteiger partial charge on any atom is 2.00 e. The summed E-state index contributed by atoms with van der Waals surface area (Å²) in [5.74, 6) is 0. The predicted molar refractivity (Wildman–Crippen MR) is 0 cm³/mol. The summed E-state index contributed by atoms with van der Waals surface area (Å²) in [7, 11) is 0. The predicted octanol–water partition coefficient (Wildman–Crippen LogP) is -15.0. The average Bonchev–Trinajstić information content (AvgIpc) is 0. The van der Waals surface area contributed by atoms with Crippen LogP contribution in [-0.4, -0.2) is 0 Å². The number of halogens is 5. The van der Waals surface area contributed by atoms with Crippen molar-refractivity contribution in [3.8, 4) is 0 Å². The standard InChI is InChI=1S/5FH.U/h5*1H;/q;;;;;+2/p-5. The van der Waals surface area contributed by atoms with E-state index in [1.807, 2.05) is 0 Å². The van der Waals surface area contributed by atoms with Crippen LogP contribution in [0, 0.1) is 31.1 Å². The molecular formula is F5U-3. The fraction of sp³-hybridized carbons (Fsp3) is 0. The monoisotopic (exact) mass is 333 g/mol. The summed E-state index contributed by atoms with van der Waals surface area (Å²) in [6.07, 6.45) is 0. The minimum absolute atomic E-state index is 0. The molecule has 0 bridgehead atoms. The Labute approximate surface area is 54.9 Å². The summed E-state index contributed by atoms with van der Waals surface area (Å²) in [5.41, 5.74) is 0. The van der Waals surface area contributed by atoms with Gasteiger partial charge in [-0.2, -0.15) is 0 Å². The van der Waals surface area contributed by atoms with Crippen LogP contribution >= 0.6 is 0 Å². The third-order valence-electron chi connectivity index (χ3n) is 0. The molecule has 0 aromatic carbocycles. The minimum atomic E-state index is 0. The van der Waals surface area contributed by atoms with Gasteiger partial charge in [0.1, 0.15) is 0 Å². The summed E-state index contributed by atoms with van der Waals surface area (Å²) in [6, 6.07) is 0. The van der Waals surface area contributed by atoms with Gasteiger partial charge in [0, 0.05) is 0 Å². The molecule has 0 N–H and O–H groups in total. The fourth-order valence-electron chi connectivity index (χ4n) is 0. The Hall–Kier alpha value is 0.702. The summed E-state index contributed by atoms with van der Waals surface area (Å²) in [4.78, 5) is 0. The minimum Gasteiger partial charge on any atom is -1.00 e. The number of rotatable bonds is 0. The van der Waals surface area contributed by atoms with Crippen molar-refractivity contribution in [2.75, 3.05) is 0 Å². The van der Waals surface area contributed by atoms with Crippen molar-refractivity contribution in [2.45, 2.75) is 0 Å². The molecule has 0 saturated carbocycles. The Morgan fingerprint density at radius 2 is 0.333 bits per heavy atom. The molecule has 0 aliphatic rings. The molecule has 0 unspecified atom stereocenters. The van der Waals surface area contributed by atoms with Gasteiger partial charge in [-0.3, -0.25) is 0 Å². The van der Waals surface area contributed by atoms with Gasteiger partial charge in [-0.25, -0.2) is 0 Å². The van der Waals surface area contributed by atoms with Crippen LogP contribution in [0.2, 0.25) is 0 Å². The van der Waals surface area contributed by atoms with Gasteiger partial charge in [-0.05, 0) is 0 Å². The van der Waals surface area contributed by atoms with Crippen LogP contribution in [0.1, 0.15) is 0 Å². The van der Waals surface area contributed by atoms with Crippen molar-refractivity contribution in [3.63, 3.8) is 0 Å². The zero-order valence-corrected chi connectivity index (χ0v) is 6.55. The van der Waals surface area contributed by atoms with Crippen molar-refractivity contribution in [1.29, 1.82) is 0 Å². The summed E-state index contributed by atoms with van der Waals surface area (Å²) in [5, 5.41) is 0. The molecule has 0 saturated heterocycles. The second-order valence-corrected chi connectivity index (χ2v) is 0. The van der Waals surface area contributed by atoms with E-state index < -0.39 is 0 Å². The molecule has 0 heterocycles. The molecular weight excluding hydrogens is 333 g/mol. The van der Waals surface area contributed by atoms with Crippen LogP contribution in [0.15, 0.2) is 0 Å². The third kappa shape index (κ3) is 131. The maximum atomic E-state index is 0. The second-order valence-electron chi connectivity index (χ2n) is 0. The van der Waals surface area contributed by atoms with Crippen LogP contribution in [0.5, 0.6) is 0 Å². The van der Waals surface area contributed by atoms with E-state index in [9.17, 15) is 0 Å². The van der Waals surface area contributed by atoms with E-state index in [-0.39, 0.29) is 54.6 Å². The zero-order chi connectivity index (χ0) is 0. The van der Waals surface area contributed by atoms with Gasteiger partial charge in [0.25, 0.3) is 0 Å². The number of hydrogen-bond acceptors (Lipinski definition) is 0. The largest absolute Gasteiger partial charge is 2.00 e. The van der Waals surface area contributed by atoms with Crippen LogP contribution in [0.4, 0.5) is 0 Å². The Kier molecular flexibility index (Phi) is 18900. The van der Waals surface area contributed by atoms with Crippen LogP contribution in [-0.2, 0) is 0 Å². The van der Waals surface area contributed by atoms with Crippen LogP contribution < -0.4 is 23.5 Å². The first-order valence-corrected chi connectivity index (χ1v) is 0.